The molecule has 3 heterocycles. The summed E-state index contributed by atoms with van der Waals surface area (Å²) in [5.41, 5.74) is 2.30. The van der Waals surface area contributed by atoms with Crippen molar-refractivity contribution in [3.8, 4) is 0 Å². The summed E-state index contributed by atoms with van der Waals surface area (Å²) < 4.78 is 1.85. The number of aryl methyl sites for hydroxylation is 1. The number of nitrogens with zero attached hydrogens (tertiary/aromatic N) is 5. The van der Waals surface area contributed by atoms with Gasteiger partial charge in [-0.05, 0) is 43.9 Å². The molecule has 1 saturated heterocycles. The second-order valence-electron chi connectivity index (χ2n) is 8.13. The Morgan fingerprint density at radius 1 is 1.19 bits per heavy atom. The molecule has 0 radical (unpaired) electrons. The molecular weight excluding hydrogens is 392 g/mol. The van der Waals surface area contributed by atoms with Crippen LogP contribution in [0.15, 0.2) is 41.7 Å². The monoisotopic (exact) mass is 422 g/mol. The van der Waals surface area contributed by atoms with Gasteiger partial charge in [0.25, 0.3) is 11.8 Å². The zero-order valence-corrected chi connectivity index (χ0v) is 18.3. The first kappa shape index (κ1) is 21.1. The Bertz CT molecular complexity index is 947. The number of nitrogens with one attached hydrogen (secondary N) is 1. The van der Waals surface area contributed by atoms with Crippen LogP contribution in [0.25, 0.3) is 0 Å². The standard InChI is InChI=1S/C23H30N6O2/c1-3-24-23(28-13-10-17(16-28)18-14-26-27(2)15-18)25-11-6-7-12-29-21(30)19-8-4-5-9-20(19)22(29)31/h4-5,8-9,14-15,17H,3,6-7,10-13,16H2,1-2H3,(H,24,25). The average molecular weight is 423 g/mol. The molecule has 8 nitrogen and oxygen atoms in total. The van der Waals surface area contributed by atoms with Crippen molar-refractivity contribution in [2.75, 3.05) is 32.7 Å². The van der Waals surface area contributed by atoms with Gasteiger partial charge >= 0.3 is 0 Å². The Morgan fingerprint density at radius 3 is 2.58 bits per heavy atom. The summed E-state index contributed by atoms with van der Waals surface area (Å²) >= 11 is 0. The summed E-state index contributed by atoms with van der Waals surface area (Å²) in [5.74, 6) is 1.05. The van der Waals surface area contributed by atoms with E-state index in [0.29, 0.717) is 30.1 Å². The number of hydrogen-bond donors (Lipinski definition) is 1. The molecule has 2 amide bonds. The van der Waals surface area contributed by atoms with E-state index in [-0.39, 0.29) is 11.8 Å². The van der Waals surface area contributed by atoms with Crippen molar-refractivity contribution in [1.29, 1.82) is 0 Å². The fourth-order valence-electron chi connectivity index (χ4n) is 4.31. The minimum atomic E-state index is -0.184. The van der Waals surface area contributed by atoms with Crippen molar-refractivity contribution in [1.82, 2.24) is 24.9 Å². The second kappa shape index (κ2) is 9.32. The summed E-state index contributed by atoms with van der Waals surface area (Å²) in [5, 5.41) is 7.69. The molecule has 4 rings (SSSR count). The number of aromatic nitrogens is 2. The summed E-state index contributed by atoms with van der Waals surface area (Å²) in [4.78, 5) is 33.3. The van der Waals surface area contributed by atoms with E-state index in [4.69, 9.17) is 4.99 Å². The smallest absolute Gasteiger partial charge is 0.261 e. The number of benzene rings is 1. The number of carbonyl (C=O) groups excluding carboxylic acids is 2. The van der Waals surface area contributed by atoms with Crippen molar-refractivity contribution in [2.45, 2.75) is 32.1 Å². The second-order valence-corrected chi connectivity index (χ2v) is 8.13. The highest BCUT2D eigenvalue weighted by Gasteiger charge is 2.34. The Labute approximate surface area is 182 Å². The highest BCUT2D eigenvalue weighted by molar-refractivity contribution is 6.21. The normalized spacial score (nSPS) is 18.8. The van der Waals surface area contributed by atoms with Gasteiger partial charge in [0.05, 0.1) is 17.3 Å². The molecule has 0 bridgehead atoms. The number of hydrogen-bond acceptors (Lipinski definition) is 4. The average Bonchev–Trinajstić information content (AvgIpc) is 3.48. The topological polar surface area (TPSA) is 82.8 Å². The van der Waals surface area contributed by atoms with Crippen LogP contribution >= 0.6 is 0 Å². The van der Waals surface area contributed by atoms with Crippen molar-refractivity contribution in [3.63, 3.8) is 0 Å². The molecule has 0 spiro atoms. The SMILES string of the molecule is CCNC(=NCCCCN1C(=O)c2ccccc2C1=O)N1CCC(c2cnn(C)c2)C1. The van der Waals surface area contributed by atoms with Crippen LogP contribution < -0.4 is 5.32 Å². The molecule has 1 aromatic heterocycles. The fourth-order valence-corrected chi connectivity index (χ4v) is 4.31. The van der Waals surface area contributed by atoms with Crippen molar-refractivity contribution in [3.05, 3.63) is 53.3 Å². The molecule has 1 atom stereocenters. The van der Waals surface area contributed by atoms with Crippen molar-refractivity contribution >= 4 is 17.8 Å². The van der Waals surface area contributed by atoms with Crippen LogP contribution in [-0.2, 0) is 7.05 Å². The van der Waals surface area contributed by atoms with Crippen LogP contribution in [0.2, 0.25) is 0 Å². The molecular formula is C23H30N6O2. The Morgan fingerprint density at radius 2 is 1.94 bits per heavy atom. The predicted octanol–water partition coefficient (Wildman–Crippen LogP) is 2.25. The van der Waals surface area contributed by atoms with E-state index < -0.39 is 0 Å². The first-order valence-corrected chi connectivity index (χ1v) is 11.1. The van der Waals surface area contributed by atoms with Gasteiger partial charge in [0, 0.05) is 51.9 Å². The van der Waals surface area contributed by atoms with Gasteiger partial charge in [0.1, 0.15) is 0 Å². The molecule has 2 aromatic rings. The minimum Gasteiger partial charge on any atom is -0.357 e. The number of rotatable bonds is 7. The van der Waals surface area contributed by atoms with Crippen LogP contribution in [-0.4, -0.2) is 70.1 Å². The maximum Gasteiger partial charge on any atom is 0.261 e. The largest absolute Gasteiger partial charge is 0.357 e. The van der Waals surface area contributed by atoms with E-state index in [1.807, 2.05) is 17.9 Å². The zero-order valence-electron chi connectivity index (χ0n) is 18.3. The van der Waals surface area contributed by atoms with E-state index >= 15 is 0 Å². The number of amides is 2. The molecule has 31 heavy (non-hydrogen) atoms. The number of unbranched alkanes of at least 4 members (excludes halogenated alkanes) is 1. The first-order chi connectivity index (χ1) is 15.1. The van der Waals surface area contributed by atoms with Crippen molar-refractivity contribution in [2.24, 2.45) is 12.0 Å². The number of aliphatic imine (C=N–C) groups is 1. The van der Waals surface area contributed by atoms with Gasteiger partial charge in [0.2, 0.25) is 0 Å². The Balaban J connectivity index is 1.27. The van der Waals surface area contributed by atoms with Gasteiger partial charge in [-0.1, -0.05) is 12.1 Å². The molecule has 2 aliphatic rings. The zero-order chi connectivity index (χ0) is 21.8. The third-order valence-electron chi connectivity index (χ3n) is 5.95. The molecule has 0 aliphatic carbocycles. The summed E-state index contributed by atoms with van der Waals surface area (Å²) in [6.07, 6.45) is 6.71. The van der Waals surface area contributed by atoms with E-state index in [2.05, 4.69) is 28.4 Å². The fraction of sp³-hybridized carbons (Fsp3) is 0.478. The van der Waals surface area contributed by atoms with Gasteiger partial charge in [-0.25, -0.2) is 0 Å². The molecule has 2 aliphatic heterocycles. The number of likely N-dealkylation sites (tertiary alicyclic amines) is 1. The maximum atomic E-state index is 12.4. The van der Waals surface area contributed by atoms with E-state index in [1.54, 1.807) is 24.3 Å². The number of guanidine groups is 1. The van der Waals surface area contributed by atoms with Crippen LogP contribution in [0.3, 0.4) is 0 Å². The molecule has 164 valence electrons. The minimum absolute atomic E-state index is 0.184. The van der Waals surface area contributed by atoms with Crippen LogP contribution in [0.1, 0.15) is 58.4 Å². The molecule has 1 fully saturated rings. The van der Waals surface area contributed by atoms with Crippen molar-refractivity contribution < 1.29 is 9.59 Å². The Hall–Kier alpha value is -3.16. The van der Waals surface area contributed by atoms with Gasteiger partial charge in [-0.2, -0.15) is 5.10 Å². The quantitative estimate of drug-likeness (QED) is 0.320. The molecule has 1 aromatic carbocycles. The highest BCUT2D eigenvalue weighted by atomic mass is 16.2. The van der Waals surface area contributed by atoms with E-state index in [1.165, 1.54) is 10.5 Å². The molecule has 1 unspecified atom stereocenters. The number of carbonyl (C=O) groups is 2. The first-order valence-electron chi connectivity index (χ1n) is 11.1. The van der Waals surface area contributed by atoms with Gasteiger partial charge in [0.15, 0.2) is 5.96 Å². The number of fused-ring (bicyclic) bond motifs is 1. The number of imide groups is 1. The predicted molar refractivity (Wildman–Crippen MR) is 119 cm³/mol. The lowest BCUT2D eigenvalue weighted by Gasteiger charge is -2.21. The Kier molecular flexibility index (Phi) is 6.34. The summed E-state index contributed by atoms with van der Waals surface area (Å²) in [6, 6.07) is 7.03. The molecule has 0 saturated carbocycles. The molecule has 1 N–H and O–H groups in total. The lowest BCUT2D eigenvalue weighted by Crippen LogP contribution is -2.40. The highest BCUT2D eigenvalue weighted by Crippen LogP contribution is 2.27. The third-order valence-corrected chi connectivity index (χ3v) is 5.95. The van der Waals surface area contributed by atoms with E-state index in [9.17, 15) is 9.59 Å². The third kappa shape index (κ3) is 4.47. The van der Waals surface area contributed by atoms with Gasteiger partial charge < -0.3 is 10.2 Å². The van der Waals surface area contributed by atoms with Crippen LogP contribution in [0, 0.1) is 0 Å². The maximum absolute atomic E-state index is 12.4. The van der Waals surface area contributed by atoms with Gasteiger partial charge in [-0.15, -0.1) is 0 Å². The van der Waals surface area contributed by atoms with Crippen LogP contribution in [0.5, 0.6) is 0 Å². The lowest BCUT2D eigenvalue weighted by molar-refractivity contribution is 0.0652. The summed E-state index contributed by atoms with van der Waals surface area (Å²) in [7, 11) is 1.95. The van der Waals surface area contributed by atoms with E-state index in [0.717, 1.165) is 44.9 Å². The van der Waals surface area contributed by atoms with Gasteiger partial charge in [-0.3, -0.25) is 24.2 Å². The van der Waals surface area contributed by atoms with Crippen LogP contribution in [0.4, 0.5) is 0 Å². The lowest BCUT2D eigenvalue weighted by atomic mass is 10.0. The molecule has 8 heteroatoms. The summed E-state index contributed by atoms with van der Waals surface area (Å²) in [6.45, 7) is 5.91.